The van der Waals surface area contributed by atoms with Crippen LogP contribution in [-0.2, 0) is 10.0 Å². The number of primary sulfonamides is 1. The second-order valence-electron chi connectivity index (χ2n) is 4.79. The van der Waals surface area contributed by atoms with E-state index in [1.807, 2.05) is 0 Å². The lowest BCUT2D eigenvalue weighted by Crippen LogP contribution is -2.41. The molecule has 3 rings (SSSR count). The summed E-state index contributed by atoms with van der Waals surface area (Å²) in [6, 6.07) is 0. The Bertz CT molecular complexity index is 275. The molecule has 0 aliphatic heterocycles. The zero-order chi connectivity index (χ0) is 9.53. The predicted octanol–water partition coefficient (Wildman–Crippen LogP) is 1.25. The highest BCUT2D eigenvalue weighted by Gasteiger charge is 2.42. The maximum absolute atomic E-state index is 11.1. The van der Waals surface area contributed by atoms with Crippen LogP contribution in [0.25, 0.3) is 0 Å². The first kappa shape index (κ1) is 9.46. The van der Waals surface area contributed by atoms with E-state index in [1.54, 1.807) is 0 Å². The summed E-state index contributed by atoms with van der Waals surface area (Å²) in [5.74, 6) is 1.09. The highest BCUT2D eigenvalue weighted by molar-refractivity contribution is 7.89. The largest absolute Gasteiger partial charge is 0.229 e. The van der Waals surface area contributed by atoms with Crippen LogP contribution in [0, 0.1) is 11.3 Å². The molecule has 3 fully saturated rings. The van der Waals surface area contributed by atoms with Gasteiger partial charge in [0.25, 0.3) is 0 Å². The smallest absolute Gasteiger partial charge is 0.209 e. The number of rotatable bonds is 2. The molecule has 0 aromatic carbocycles. The van der Waals surface area contributed by atoms with Gasteiger partial charge < -0.3 is 0 Å². The summed E-state index contributed by atoms with van der Waals surface area (Å²) in [4.78, 5) is 0. The van der Waals surface area contributed by atoms with Crippen molar-refractivity contribution in [2.24, 2.45) is 16.5 Å². The third-order valence-electron chi connectivity index (χ3n) is 3.76. The molecule has 3 aliphatic carbocycles. The molecular formula is C9H17NO2S. The molecule has 0 amide bonds. The van der Waals surface area contributed by atoms with E-state index in [9.17, 15) is 8.42 Å². The Hall–Kier alpha value is -0.0900. The van der Waals surface area contributed by atoms with Crippen molar-refractivity contribution >= 4 is 10.0 Å². The summed E-state index contributed by atoms with van der Waals surface area (Å²) >= 11 is 0. The highest BCUT2D eigenvalue weighted by Crippen LogP contribution is 2.50. The number of hydrogen-bond donors (Lipinski definition) is 1. The molecule has 13 heavy (non-hydrogen) atoms. The van der Waals surface area contributed by atoms with E-state index in [1.165, 1.54) is 19.3 Å². The molecule has 0 saturated heterocycles. The Morgan fingerprint density at radius 2 is 1.62 bits per heavy atom. The first-order valence-electron chi connectivity index (χ1n) is 5.00. The van der Waals surface area contributed by atoms with Crippen LogP contribution in [0.15, 0.2) is 0 Å². The van der Waals surface area contributed by atoms with Gasteiger partial charge in [0.2, 0.25) is 10.0 Å². The summed E-state index contributed by atoms with van der Waals surface area (Å²) in [6.45, 7) is 0. The van der Waals surface area contributed by atoms with Gasteiger partial charge in [0.05, 0.1) is 5.75 Å². The van der Waals surface area contributed by atoms with E-state index in [4.69, 9.17) is 5.14 Å². The molecule has 0 aromatic rings. The number of hydrogen-bond acceptors (Lipinski definition) is 2. The van der Waals surface area contributed by atoms with Crippen molar-refractivity contribution in [3.05, 3.63) is 0 Å². The van der Waals surface area contributed by atoms with Crippen molar-refractivity contribution in [1.29, 1.82) is 0 Å². The molecule has 76 valence electrons. The fourth-order valence-corrected chi connectivity index (χ4v) is 4.27. The van der Waals surface area contributed by atoms with Crippen molar-refractivity contribution < 1.29 is 8.42 Å². The van der Waals surface area contributed by atoms with Gasteiger partial charge in [0.15, 0.2) is 0 Å². The first-order valence-corrected chi connectivity index (χ1v) is 6.71. The molecule has 3 aliphatic rings. The van der Waals surface area contributed by atoms with Gasteiger partial charge in [0, 0.05) is 0 Å². The monoisotopic (exact) mass is 203 g/mol. The lowest BCUT2D eigenvalue weighted by molar-refractivity contribution is 0.0861. The van der Waals surface area contributed by atoms with E-state index in [2.05, 4.69) is 0 Å². The Balaban J connectivity index is 2.11. The standard InChI is InChI=1S/C9H17NO2S/c10-13(11,12)7-9-4-1-8(2-5-9)3-6-9/h8H,1-7H2,(H2,10,11,12). The molecule has 0 unspecified atom stereocenters. The number of sulfonamides is 1. The highest BCUT2D eigenvalue weighted by atomic mass is 32.2. The van der Waals surface area contributed by atoms with Gasteiger partial charge in [-0.1, -0.05) is 0 Å². The maximum atomic E-state index is 11.1. The minimum Gasteiger partial charge on any atom is -0.229 e. The van der Waals surface area contributed by atoms with Crippen molar-refractivity contribution in [2.75, 3.05) is 5.75 Å². The minimum absolute atomic E-state index is 0.0579. The summed E-state index contributed by atoms with van der Waals surface area (Å²) in [6.07, 6.45) is 6.89. The van der Waals surface area contributed by atoms with Gasteiger partial charge in [-0.15, -0.1) is 0 Å². The minimum atomic E-state index is -3.27. The van der Waals surface area contributed by atoms with Gasteiger partial charge in [-0.25, -0.2) is 13.6 Å². The van der Waals surface area contributed by atoms with Crippen LogP contribution in [-0.4, -0.2) is 14.2 Å². The van der Waals surface area contributed by atoms with Crippen LogP contribution in [0.4, 0.5) is 0 Å². The SMILES string of the molecule is NS(=O)(=O)CC12CCC(CC1)CC2. The molecule has 2 bridgehead atoms. The average Bonchev–Trinajstić information content (AvgIpc) is 2.03. The van der Waals surface area contributed by atoms with Crippen LogP contribution in [0.2, 0.25) is 0 Å². The number of nitrogens with two attached hydrogens (primary N) is 1. The van der Waals surface area contributed by atoms with Crippen LogP contribution < -0.4 is 5.14 Å². The van der Waals surface area contributed by atoms with Crippen LogP contribution in [0.1, 0.15) is 38.5 Å². The van der Waals surface area contributed by atoms with Gasteiger partial charge in [-0.3, -0.25) is 0 Å². The molecule has 0 atom stereocenters. The molecule has 0 radical (unpaired) electrons. The van der Waals surface area contributed by atoms with Gasteiger partial charge in [0.1, 0.15) is 0 Å². The summed E-state index contributed by atoms with van der Waals surface area (Å²) in [7, 11) is -3.27. The van der Waals surface area contributed by atoms with Crippen LogP contribution in [0.3, 0.4) is 0 Å². The maximum Gasteiger partial charge on any atom is 0.209 e. The van der Waals surface area contributed by atoms with Crippen LogP contribution in [0.5, 0.6) is 0 Å². The van der Waals surface area contributed by atoms with Gasteiger partial charge in [-0.05, 0) is 49.9 Å². The van der Waals surface area contributed by atoms with E-state index in [0.29, 0.717) is 0 Å². The first-order chi connectivity index (χ1) is 5.99. The van der Waals surface area contributed by atoms with Crippen molar-refractivity contribution in [1.82, 2.24) is 0 Å². The Morgan fingerprint density at radius 1 is 1.15 bits per heavy atom. The molecule has 0 heterocycles. The Labute approximate surface area is 79.7 Å². The van der Waals surface area contributed by atoms with Crippen molar-refractivity contribution in [3.63, 3.8) is 0 Å². The Kier molecular flexibility index (Phi) is 2.15. The fraction of sp³-hybridized carbons (Fsp3) is 1.00. The topological polar surface area (TPSA) is 60.2 Å². The molecular weight excluding hydrogens is 186 g/mol. The third kappa shape index (κ3) is 2.05. The second-order valence-corrected chi connectivity index (χ2v) is 6.40. The molecule has 0 aromatic heterocycles. The van der Waals surface area contributed by atoms with E-state index < -0.39 is 10.0 Å². The zero-order valence-electron chi connectivity index (χ0n) is 7.83. The molecule has 2 N–H and O–H groups in total. The van der Waals surface area contributed by atoms with Gasteiger partial charge >= 0.3 is 0 Å². The second kappa shape index (κ2) is 2.95. The zero-order valence-corrected chi connectivity index (χ0v) is 8.65. The van der Waals surface area contributed by atoms with Crippen molar-refractivity contribution in [2.45, 2.75) is 38.5 Å². The molecule has 3 nitrogen and oxygen atoms in total. The fourth-order valence-electron chi connectivity index (χ4n) is 2.98. The van der Waals surface area contributed by atoms with E-state index >= 15 is 0 Å². The molecule has 3 saturated carbocycles. The summed E-state index contributed by atoms with van der Waals surface area (Å²) in [5.41, 5.74) is 0.0579. The predicted molar refractivity (Wildman–Crippen MR) is 51.6 cm³/mol. The lowest BCUT2D eigenvalue weighted by Gasteiger charge is -2.46. The van der Waals surface area contributed by atoms with E-state index in [0.717, 1.165) is 25.2 Å². The average molecular weight is 203 g/mol. The van der Waals surface area contributed by atoms with Crippen molar-refractivity contribution in [3.8, 4) is 0 Å². The quantitative estimate of drug-likeness (QED) is 0.734. The van der Waals surface area contributed by atoms with E-state index in [-0.39, 0.29) is 11.2 Å². The van der Waals surface area contributed by atoms with Crippen LogP contribution >= 0.6 is 0 Å². The molecule has 0 spiro atoms. The summed E-state index contributed by atoms with van der Waals surface area (Å²) in [5, 5.41) is 5.12. The normalized spacial score (nSPS) is 39.3. The number of fused-ring (bicyclic) bond motifs is 3. The molecule has 4 heteroatoms. The summed E-state index contributed by atoms with van der Waals surface area (Å²) < 4.78 is 22.1. The lowest BCUT2D eigenvalue weighted by atomic mass is 9.62. The third-order valence-corrected chi connectivity index (χ3v) is 4.77. The van der Waals surface area contributed by atoms with Gasteiger partial charge in [-0.2, -0.15) is 0 Å². The Morgan fingerprint density at radius 3 is 2.00 bits per heavy atom.